The molecule has 0 fully saturated rings. The zero-order chi connectivity index (χ0) is 27.5. The van der Waals surface area contributed by atoms with Crippen LogP contribution in [0.4, 0.5) is 5.95 Å². The Hall–Kier alpha value is -5.21. The molecule has 15 nitrogen and oxygen atoms in total. The number of H-pyrrole nitrogens is 3. The Labute approximate surface area is 228 Å². The number of carbonyl (C=O) groups excluding carboxylic acids is 2. The number of rotatable bonds is 10. The van der Waals surface area contributed by atoms with Gasteiger partial charge in [-0.05, 0) is 48.9 Å². The van der Waals surface area contributed by atoms with E-state index in [2.05, 4.69) is 51.2 Å². The minimum atomic E-state index is -0.202. The molecular weight excluding hydrogens is 514 g/mol. The van der Waals surface area contributed by atoms with Crippen molar-refractivity contribution >= 4 is 17.8 Å². The van der Waals surface area contributed by atoms with Gasteiger partial charge in [-0.3, -0.25) is 19.0 Å². The van der Waals surface area contributed by atoms with Crippen LogP contribution in [0.5, 0.6) is 0 Å². The smallest absolute Gasteiger partial charge is 0.268 e. The minimum Gasteiger partial charge on any atom is -0.369 e. The summed E-state index contributed by atoms with van der Waals surface area (Å²) < 4.78 is 3.61. The highest BCUT2D eigenvalue weighted by Gasteiger charge is 2.32. The van der Waals surface area contributed by atoms with Crippen LogP contribution in [0.3, 0.4) is 0 Å². The molecule has 0 radical (unpaired) electrons. The average Bonchev–Trinajstić information content (AvgIpc) is 3.77. The quantitative estimate of drug-likeness (QED) is 0.145. The van der Waals surface area contributed by atoms with Crippen LogP contribution in [0.1, 0.15) is 43.8 Å². The van der Waals surface area contributed by atoms with Crippen molar-refractivity contribution in [3.8, 4) is 0 Å². The van der Waals surface area contributed by atoms with Crippen molar-refractivity contribution < 1.29 is 9.59 Å². The molecule has 5 heterocycles. The number of hydrogen-bond donors (Lipinski definition) is 6. The van der Waals surface area contributed by atoms with E-state index in [0.29, 0.717) is 41.8 Å². The van der Waals surface area contributed by atoms with Gasteiger partial charge in [-0.15, -0.1) is 10.2 Å². The largest absolute Gasteiger partial charge is 0.369 e. The first-order valence-corrected chi connectivity index (χ1v) is 12.9. The van der Waals surface area contributed by atoms with Crippen molar-refractivity contribution in [3.05, 3.63) is 83.2 Å². The van der Waals surface area contributed by atoms with Crippen LogP contribution in [0.2, 0.25) is 0 Å². The third-order valence-electron chi connectivity index (χ3n) is 7.03. The molecule has 0 saturated carbocycles. The molecule has 1 aliphatic rings. The van der Waals surface area contributed by atoms with E-state index in [9.17, 15) is 9.59 Å². The van der Waals surface area contributed by atoms with Crippen LogP contribution in [-0.2, 0) is 39.0 Å². The molecule has 2 atom stereocenters. The summed E-state index contributed by atoms with van der Waals surface area (Å²) in [5.41, 5.74) is 10.3. The third kappa shape index (κ3) is 5.62. The average molecular weight is 544 g/mol. The second-order valence-corrected chi connectivity index (χ2v) is 9.87. The number of nitrogens with two attached hydrogens (primary N) is 1. The summed E-state index contributed by atoms with van der Waals surface area (Å²) in [6.07, 6.45) is 8.57. The van der Waals surface area contributed by atoms with E-state index in [-0.39, 0.29) is 36.7 Å². The number of imidazole rings is 1. The summed E-state index contributed by atoms with van der Waals surface area (Å²) in [6, 6.07) is 6.97. The molecule has 0 saturated heterocycles. The summed E-state index contributed by atoms with van der Waals surface area (Å²) in [5.74, 6) is 0.374. The van der Waals surface area contributed by atoms with E-state index < -0.39 is 0 Å². The van der Waals surface area contributed by atoms with E-state index in [1.807, 2.05) is 12.4 Å². The Morgan fingerprint density at radius 2 is 1.43 bits per heavy atom. The standard InChI is InChI=1S/C25H29N13O2/c26-25-31-21-7-15(11-37-13-17(33-35-37)9-29-23(39)19-3-1-5-27-19)16(8-22(21)32-25)12-38-14-18(34-36-38)10-30-24(40)20-4-2-6-28-20/h1-6,13-16,27-28H,7-12H2,(H,29,39)(H,30,40)(H3,26,31,32)/t15-,16-/m0/s1. The van der Waals surface area contributed by atoms with Crippen LogP contribution in [-0.4, -0.2) is 61.7 Å². The van der Waals surface area contributed by atoms with Gasteiger partial charge in [0, 0.05) is 31.2 Å². The van der Waals surface area contributed by atoms with Gasteiger partial charge in [0.2, 0.25) is 0 Å². The molecular formula is C25H29N13O2. The molecule has 0 aliphatic heterocycles. The maximum absolute atomic E-state index is 12.2. The summed E-state index contributed by atoms with van der Waals surface area (Å²) in [7, 11) is 0. The lowest BCUT2D eigenvalue weighted by Crippen LogP contribution is -2.32. The van der Waals surface area contributed by atoms with Gasteiger partial charge in [-0.1, -0.05) is 10.4 Å². The molecule has 40 heavy (non-hydrogen) atoms. The Kier molecular flexibility index (Phi) is 6.82. The number of nitrogens with zero attached hydrogens (tertiary/aromatic N) is 7. The first-order chi connectivity index (χ1) is 19.5. The number of hydrogen-bond acceptors (Lipinski definition) is 8. The second-order valence-electron chi connectivity index (χ2n) is 9.87. The van der Waals surface area contributed by atoms with Crippen molar-refractivity contribution in [2.24, 2.45) is 11.8 Å². The van der Waals surface area contributed by atoms with E-state index in [0.717, 1.165) is 24.2 Å². The maximum atomic E-state index is 12.2. The molecule has 0 spiro atoms. The van der Waals surface area contributed by atoms with Crippen LogP contribution >= 0.6 is 0 Å². The monoisotopic (exact) mass is 543 g/mol. The molecule has 2 amide bonds. The van der Waals surface area contributed by atoms with Gasteiger partial charge in [0.05, 0.1) is 31.2 Å². The highest BCUT2D eigenvalue weighted by atomic mass is 16.2. The molecule has 6 rings (SSSR count). The van der Waals surface area contributed by atoms with Gasteiger partial charge in [0.25, 0.3) is 11.8 Å². The number of nitrogens with one attached hydrogen (secondary N) is 5. The van der Waals surface area contributed by atoms with Gasteiger partial charge in [-0.25, -0.2) is 4.98 Å². The lowest BCUT2D eigenvalue weighted by Gasteiger charge is -2.30. The molecule has 0 unspecified atom stereocenters. The predicted molar refractivity (Wildman–Crippen MR) is 141 cm³/mol. The molecule has 206 valence electrons. The zero-order valence-electron chi connectivity index (χ0n) is 21.5. The highest BCUT2D eigenvalue weighted by molar-refractivity contribution is 5.92. The van der Waals surface area contributed by atoms with Crippen molar-refractivity contribution in [1.82, 2.24) is 60.6 Å². The van der Waals surface area contributed by atoms with E-state index in [1.54, 1.807) is 46.0 Å². The number of nitrogen functional groups attached to an aromatic ring is 1. The van der Waals surface area contributed by atoms with Gasteiger partial charge in [0.15, 0.2) is 5.95 Å². The SMILES string of the molecule is Nc1nc2c([nH]1)C[C@@H](Cn1cc(CNC(=O)c3ccc[nH]3)nn1)[C@H](Cn1cc(CNC(=O)c3ccc[nH]3)nn1)C2. The number of aromatic amines is 3. The van der Waals surface area contributed by atoms with E-state index in [1.165, 1.54) is 0 Å². The number of anilines is 1. The summed E-state index contributed by atoms with van der Waals surface area (Å²) in [5, 5.41) is 22.7. The van der Waals surface area contributed by atoms with Crippen molar-refractivity contribution in [3.63, 3.8) is 0 Å². The van der Waals surface area contributed by atoms with E-state index >= 15 is 0 Å². The fourth-order valence-electron chi connectivity index (χ4n) is 5.05. The lowest BCUT2D eigenvalue weighted by molar-refractivity contribution is 0.0938. The fourth-order valence-corrected chi connectivity index (χ4v) is 5.05. The summed E-state index contributed by atoms with van der Waals surface area (Å²) in [6.45, 7) is 1.78. The van der Waals surface area contributed by atoms with Gasteiger partial charge in [0.1, 0.15) is 22.8 Å². The molecule has 0 bridgehead atoms. The van der Waals surface area contributed by atoms with E-state index in [4.69, 9.17) is 5.73 Å². The first kappa shape index (κ1) is 25.1. The first-order valence-electron chi connectivity index (χ1n) is 12.9. The Morgan fingerprint density at radius 1 is 0.875 bits per heavy atom. The number of carbonyl (C=O) groups is 2. The summed E-state index contributed by atoms with van der Waals surface area (Å²) in [4.78, 5) is 37.9. The number of amides is 2. The fraction of sp³-hybridized carbons (Fsp3) is 0.320. The Morgan fingerprint density at radius 3 is 1.95 bits per heavy atom. The molecule has 15 heteroatoms. The molecule has 5 aromatic heterocycles. The van der Waals surface area contributed by atoms with Gasteiger partial charge < -0.3 is 31.3 Å². The molecule has 1 aliphatic carbocycles. The maximum Gasteiger partial charge on any atom is 0.268 e. The molecule has 0 aromatic carbocycles. The number of fused-ring (bicyclic) bond motifs is 1. The van der Waals surface area contributed by atoms with Crippen LogP contribution < -0.4 is 16.4 Å². The minimum absolute atomic E-state index is 0.179. The van der Waals surface area contributed by atoms with Crippen molar-refractivity contribution in [1.29, 1.82) is 0 Å². The topological polar surface area (TPSA) is 206 Å². The third-order valence-corrected chi connectivity index (χ3v) is 7.03. The van der Waals surface area contributed by atoms with Gasteiger partial charge >= 0.3 is 0 Å². The second kappa shape index (κ2) is 10.9. The summed E-state index contributed by atoms with van der Waals surface area (Å²) >= 11 is 0. The predicted octanol–water partition coefficient (Wildman–Crippen LogP) is 0.422. The lowest BCUT2D eigenvalue weighted by atomic mass is 9.79. The Bertz CT molecular complexity index is 1460. The van der Waals surface area contributed by atoms with Gasteiger partial charge in [-0.2, -0.15) is 0 Å². The van der Waals surface area contributed by atoms with Crippen molar-refractivity contribution in [2.75, 3.05) is 5.73 Å². The van der Waals surface area contributed by atoms with Crippen LogP contribution in [0.25, 0.3) is 0 Å². The molecule has 5 aromatic rings. The molecule has 7 N–H and O–H groups in total. The van der Waals surface area contributed by atoms with Crippen molar-refractivity contribution in [2.45, 2.75) is 39.0 Å². The highest BCUT2D eigenvalue weighted by Crippen LogP contribution is 2.31. The number of aromatic nitrogens is 10. The normalized spacial score (nSPS) is 16.5. The Balaban J connectivity index is 1.10. The van der Waals surface area contributed by atoms with Crippen LogP contribution in [0, 0.1) is 11.8 Å². The zero-order valence-corrected chi connectivity index (χ0v) is 21.5. The van der Waals surface area contributed by atoms with Crippen LogP contribution in [0.15, 0.2) is 49.1 Å².